The quantitative estimate of drug-likeness (QED) is 0.682. The Kier molecular flexibility index (Phi) is 7.84. The first-order valence-electron chi connectivity index (χ1n) is 6.65. The summed E-state index contributed by atoms with van der Waals surface area (Å²) >= 11 is 3.35. The van der Waals surface area contributed by atoms with Gasteiger partial charge in [0.1, 0.15) is 6.61 Å². The number of ether oxygens (including phenoxy) is 2. The molecular weight excluding hydrogens is 332 g/mol. The second kappa shape index (κ2) is 9.13. The van der Waals surface area contributed by atoms with Crippen LogP contribution in [0.15, 0.2) is 16.6 Å². The van der Waals surface area contributed by atoms with Gasteiger partial charge in [0.05, 0.1) is 11.1 Å². The summed E-state index contributed by atoms with van der Waals surface area (Å²) in [5.41, 5.74) is 1.01. The summed E-state index contributed by atoms with van der Waals surface area (Å²) in [5.74, 6) is 0.808. The molecule has 0 saturated heterocycles. The van der Waals surface area contributed by atoms with Crippen molar-refractivity contribution in [3.05, 3.63) is 22.2 Å². The Morgan fingerprint density at radius 3 is 2.60 bits per heavy atom. The molecular formula is C14H20BrF2NO2. The summed E-state index contributed by atoms with van der Waals surface area (Å²) in [5, 5.41) is 3.28. The largest absolute Gasteiger partial charge is 0.490 e. The Bertz CT molecular complexity index is 416. The van der Waals surface area contributed by atoms with E-state index in [9.17, 15) is 8.78 Å². The molecule has 20 heavy (non-hydrogen) atoms. The standard InChI is InChI=1S/C14H20BrF2NO2/c1-3-5-18-8-10-6-11(15)14(20-9-13(16)17)12(7-10)19-4-2/h6-7,13,18H,3-5,8-9H2,1-2H3. The normalized spacial score (nSPS) is 10.9. The molecule has 0 spiro atoms. The predicted octanol–water partition coefficient (Wildman–Crippen LogP) is 3.99. The van der Waals surface area contributed by atoms with Crippen LogP contribution < -0.4 is 14.8 Å². The number of hydrogen-bond donors (Lipinski definition) is 1. The van der Waals surface area contributed by atoms with Gasteiger partial charge in [-0.1, -0.05) is 6.92 Å². The molecule has 0 bridgehead atoms. The van der Waals surface area contributed by atoms with Crippen molar-refractivity contribution in [1.82, 2.24) is 5.32 Å². The van der Waals surface area contributed by atoms with Crippen LogP contribution in [0.4, 0.5) is 8.78 Å². The number of benzene rings is 1. The average Bonchev–Trinajstić information content (AvgIpc) is 2.38. The Hall–Kier alpha value is -0.880. The van der Waals surface area contributed by atoms with Crippen LogP contribution in [0.1, 0.15) is 25.8 Å². The minimum absolute atomic E-state index is 0.325. The van der Waals surface area contributed by atoms with Crippen molar-refractivity contribution in [1.29, 1.82) is 0 Å². The zero-order valence-electron chi connectivity index (χ0n) is 11.7. The smallest absolute Gasteiger partial charge is 0.272 e. The van der Waals surface area contributed by atoms with Crippen molar-refractivity contribution >= 4 is 15.9 Å². The van der Waals surface area contributed by atoms with Crippen LogP contribution in [-0.2, 0) is 6.54 Å². The average molecular weight is 352 g/mol. The van der Waals surface area contributed by atoms with E-state index in [2.05, 4.69) is 28.2 Å². The molecule has 0 radical (unpaired) electrons. The molecule has 1 rings (SSSR count). The molecule has 114 valence electrons. The van der Waals surface area contributed by atoms with Gasteiger partial charge in [0.15, 0.2) is 11.5 Å². The maximum absolute atomic E-state index is 12.3. The minimum atomic E-state index is -2.51. The highest BCUT2D eigenvalue weighted by Gasteiger charge is 2.14. The molecule has 0 saturated carbocycles. The van der Waals surface area contributed by atoms with Gasteiger partial charge in [-0.05, 0) is 53.5 Å². The van der Waals surface area contributed by atoms with Gasteiger partial charge in [-0.2, -0.15) is 0 Å². The molecule has 0 aliphatic rings. The van der Waals surface area contributed by atoms with E-state index in [4.69, 9.17) is 9.47 Å². The second-order valence-electron chi connectivity index (χ2n) is 4.22. The molecule has 0 unspecified atom stereocenters. The third-order valence-corrected chi connectivity index (χ3v) is 3.07. The van der Waals surface area contributed by atoms with Crippen LogP contribution >= 0.6 is 15.9 Å². The van der Waals surface area contributed by atoms with Crippen molar-refractivity contribution in [3.63, 3.8) is 0 Å². The number of halogens is 3. The van der Waals surface area contributed by atoms with Crippen molar-refractivity contribution in [3.8, 4) is 11.5 Å². The van der Waals surface area contributed by atoms with Crippen LogP contribution in [0.25, 0.3) is 0 Å². The Morgan fingerprint density at radius 2 is 2.00 bits per heavy atom. The molecule has 0 heterocycles. The van der Waals surface area contributed by atoms with Crippen molar-refractivity contribution in [2.24, 2.45) is 0 Å². The van der Waals surface area contributed by atoms with Gasteiger partial charge in [-0.25, -0.2) is 8.78 Å². The molecule has 6 heteroatoms. The van der Waals surface area contributed by atoms with E-state index in [1.165, 1.54) is 0 Å². The molecule has 0 atom stereocenters. The van der Waals surface area contributed by atoms with E-state index in [-0.39, 0.29) is 0 Å². The van der Waals surface area contributed by atoms with Crippen LogP contribution in [0.2, 0.25) is 0 Å². The number of hydrogen-bond acceptors (Lipinski definition) is 3. The fourth-order valence-corrected chi connectivity index (χ4v) is 2.29. The van der Waals surface area contributed by atoms with Gasteiger partial charge in [-0.15, -0.1) is 0 Å². The Balaban J connectivity index is 2.87. The number of nitrogens with one attached hydrogen (secondary N) is 1. The lowest BCUT2D eigenvalue weighted by molar-refractivity contribution is 0.0796. The summed E-state index contributed by atoms with van der Waals surface area (Å²) in [6.45, 7) is 5.35. The van der Waals surface area contributed by atoms with Crippen LogP contribution in [0.5, 0.6) is 11.5 Å². The molecule has 0 aliphatic carbocycles. The first kappa shape index (κ1) is 17.2. The lowest BCUT2D eigenvalue weighted by Crippen LogP contribution is -2.14. The molecule has 3 nitrogen and oxygen atoms in total. The third kappa shape index (κ3) is 5.63. The predicted molar refractivity (Wildman–Crippen MR) is 78.8 cm³/mol. The van der Waals surface area contributed by atoms with Gasteiger partial charge in [-0.3, -0.25) is 0 Å². The number of alkyl halides is 2. The third-order valence-electron chi connectivity index (χ3n) is 2.48. The maximum Gasteiger partial charge on any atom is 0.272 e. The molecule has 0 amide bonds. The Morgan fingerprint density at radius 1 is 1.25 bits per heavy atom. The lowest BCUT2D eigenvalue weighted by atomic mass is 10.2. The number of rotatable bonds is 9. The molecule has 1 aromatic rings. The van der Waals surface area contributed by atoms with E-state index in [0.717, 1.165) is 18.5 Å². The molecule has 1 aromatic carbocycles. The van der Waals surface area contributed by atoms with Crippen LogP contribution in [0.3, 0.4) is 0 Å². The summed E-state index contributed by atoms with van der Waals surface area (Å²) < 4.78 is 35.7. The van der Waals surface area contributed by atoms with E-state index < -0.39 is 13.0 Å². The summed E-state index contributed by atoms with van der Waals surface area (Å²) in [6, 6.07) is 3.67. The highest BCUT2D eigenvalue weighted by molar-refractivity contribution is 9.10. The Labute approximate surface area is 126 Å². The first-order chi connectivity index (χ1) is 9.58. The highest BCUT2D eigenvalue weighted by Crippen LogP contribution is 2.37. The first-order valence-corrected chi connectivity index (χ1v) is 7.44. The zero-order valence-corrected chi connectivity index (χ0v) is 13.3. The summed E-state index contributed by atoms with van der Waals surface area (Å²) in [4.78, 5) is 0. The van der Waals surface area contributed by atoms with Gasteiger partial charge in [0, 0.05) is 6.54 Å². The summed E-state index contributed by atoms with van der Waals surface area (Å²) in [6.07, 6.45) is -1.46. The SMILES string of the molecule is CCCNCc1cc(Br)c(OCC(F)F)c(OCC)c1. The monoisotopic (exact) mass is 351 g/mol. The topological polar surface area (TPSA) is 30.5 Å². The second-order valence-corrected chi connectivity index (χ2v) is 5.07. The van der Waals surface area contributed by atoms with E-state index in [1.807, 2.05) is 19.1 Å². The summed E-state index contributed by atoms with van der Waals surface area (Å²) in [7, 11) is 0. The minimum Gasteiger partial charge on any atom is -0.490 e. The van der Waals surface area contributed by atoms with Gasteiger partial charge in [0.2, 0.25) is 0 Å². The van der Waals surface area contributed by atoms with Crippen LogP contribution in [0, 0.1) is 0 Å². The zero-order chi connectivity index (χ0) is 15.0. The van der Waals surface area contributed by atoms with E-state index in [1.54, 1.807) is 0 Å². The fourth-order valence-electron chi connectivity index (χ4n) is 1.68. The van der Waals surface area contributed by atoms with Crippen molar-refractivity contribution < 1.29 is 18.3 Å². The highest BCUT2D eigenvalue weighted by atomic mass is 79.9. The molecule has 0 aliphatic heterocycles. The van der Waals surface area contributed by atoms with E-state index in [0.29, 0.717) is 29.1 Å². The molecule has 0 fully saturated rings. The molecule has 0 aromatic heterocycles. The van der Waals surface area contributed by atoms with Crippen LogP contribution in [-0.4, -0.2) is 26.2 Å². The molecule has 1 N–H and O–H groups in total. The van der Waals surface area contributed by atoms with E-state index >= 15 is 0 Å². The van der Waals surface area contributed by atoms with Crippen molar-refractivity contribution in [2.75, 3.05) is 19.8 Å². The fraction of sp³-hybridized carbons (Fsp3) is 0.571. The maximum atomic E-state index is 12.3. The van der Waals surface area contributed by atoms with Gasteiger partial charge >= 0.3 is 0 Å². The lowest BCUT2D eigenvalue weighted by Gasteiger charge is -2.15. The van der Waals surface area contributed by atoms with Gasteiger partial charge in [0.25, 0.3) is 6.43 Å². The van der Waals surface area contributed by atoms with Crippen molar-refractivity contribution in [2.45, 2.75) is 33.2 Å². The van der Waals surface area contributed by atoms with Gasteiger partial charge < -0.3 is 14.8 Å².